The number of anilines is 1. The average molecular weight is 505 g/mol. The Balaban J connectivity index is 1.36. The number of carbonyl (C=O) groups excluding carboxylic acids is 2. The third kappa shape index (κ3) is 5.53. The molecule has 3 aromatic rings. The molecule has 1 aliphatic heterocycles. The summed E-state index contributed by atoms with van der Waals surface area (Å²) in [5.41, 5.74) is 0.0436. The van der Waals surface area contributed by atoms with Gasteiger partial charge in [0.05, 0.1) is 27.1 Å². The number of aliphatic hydroxyl groups excluding tert-OH is 1. The van der Waals surface area contributed by atoms with Crippen LogP contribution in [0.4, 0.5) is 10.1 Å². The van der Waals surface area contributed by atoms with E-state index >= 15 is 0 Å². The minimum atomic E-state index is -0.670. The highest BCUT2D eigenvalue weighted by Crippen LogP contribution is 2.23. The van der Waals surface area contributed by atoms with Crippen molar-refractivity contribution in [1.82, 2.24) is 14.8 Å². The number of aromatic nitrogens is 1. The molecule has 34 heavy (non-hydrogen) atoms. The molecule has 3 heterocycles. The minimum absolute atomic E-state index is 0.00457. The summed E-state index contributed by atoms with van der Waals surface area (Å²) in [5, 5.41) is 15.1. The number of likely N-dealkylation sites (tertiary alicyclic amines) is 1. The molecule has 0 saturated carbocycles. The van der Waals surface area contributed by atoms with E-state index in [0.717, 1.165) is 11.3 Å². The van der Waals surface area contributed by atoms with Gasteiger partial charge in [-0.15, -0.1) is 11.3 Å². The van der Waals surface area contributed by atoms with Crippen molar-refractivity contribution in [3.8, 4) is 5.69 Å². The summed E-state index contributed by atoms with van der Waals surface area (Å²) >= 11 is 7.05. The van der Waals surface area contributed by atoms with Crippen LogP contribution in [-0.2, 0) is 4.79 Å². The Kier molecular flexibility index (Phi) is 7.42. The number of hydrogen-bond acceptors (Lipinski definition) is 6. The first-order valence-corrected chi connectivity index (χ1v) is 11.7. The van der Waals surface area contributed by atoms with Crippen molar-refractivity contribution in [2.45, 2.75) is 6.04 Å². The van der Waals surface area contributed by atoms with Crippen LogP contribution in [0.2, 0.25) is 4.34 Å². The van der Waals surface area contributed by atoms with E-state index in [1.165, 1.54) is 29.0 Å². The van der Waals surface area contributed by atoms with Gasteiger partial charge in [-0.05, 0) is 30.3 Å². The summed E-state index contributed by atoms with van der Waals surface area (Å²) in [6, 6.07) is 11.7. The number of carbonyl (C=O) groups is 2. The Morgan fingerprint density at radius 3 is 2.68 bits per heavy atom. The third-order valence-corrected chi connectivity index (χ3v) is 6.79. The maximum absolute atomic E-state index is 14.6. The summed E-state index contributed by atoms with van der Waals surface area (Å²) < 4.78 is 16.4. The highest BCUT2D eigenvalue weighted by Gasteiger charge is 2.34. The summed E-state index contributed by atoms with van der Waals surface area (Å²) in [4.78, 5) is 39.2. The lowest BCUT2D eigenvalue weighted by atomic mass is 10.1. The fourth-order valence-corrected chi connectivity index (χ4v) is 4.85. The fraction of sp³-hybridized carbons (Fsp3) is 0.261. The molecule has 1 fully saturated rings. The van der Waals surface area contributed by atoms with Gasteiger partial charge < -0.3 is 15.7 Å². The Bertz CT molecular complexity index is 1260. The molecule has 2 amide bonds. The van der Waals surface area contributed by atoms with Crippen LogP contribution in [-0.4, -0.2) is 58.7 Å². The number of pyridine rings is 1. The van der Waals surface area contributed by atoms with Gasteiger partial charge in [0.2, 0.25) is 5.91 Å². The van der Waals surface area contributed by atoms with Gasteiger partial charge in [-0.25, -0.2) is 4.39 Å². The molecule has 0 bridgehead atoms. The van der Waals surface area contributed by atoms with E-state index in [-0.39, 0.29) is 42.3 Å². The van der Waals surface area contributed by atoms with E-state index in [4.69, 9.17) is 11.6 Å². The molecule has 1 aromatic carbocycles. The maximum atomic E-state index is 14.6. The molecule has 4 rings (SSSR count). The van der Waals surface area contributed by atoms with E-state index in [1.807, 2.05) is 0 Å². The Labute approximate surface area is 203 Å². The second kappa shape index (κ2) is 10.5. The predicted octanol–water partition coefficient (Wildman–Crippen LogP) is 2.35. The van der Waals surface area contributed by atoms with Crippen molar-refractivity contribution in [1.29, 1.82) is 0 Å². The molecule has 1 aliphatic rings. The van der Waals surface area contributed by atoms with Crippen molar-refractivity contribution < 1.29 is 19.1 Å². The summed E-state index contributed by atoms with van der Waals surface area (Å²) in [7, 11) is 0. The van der Waals surface area contributed by atoms with E-state index in [1.54, 1.807) is 35.2 Å². The molecule has 0 radical (unpaired) electrons. The van der Waals surface area contributed by atoms with Crippen LogP contribution >= 0.6 is 22.9 Å². The number of hydrogen-bond donors (Lipinski definition) is 3. The summed E-state index contributed by atoms with van der Waals surface area (Å²) in [5.74, 6) is -1.63. The second-order valence-electron chi connectivity index (χ2n) is 7.94. The lowest BCUT2D eigenvalue weighted by Gasteiger charge is -2.17. The highest BCUT2D eigenvalue weighted by molar-refractivity contribution is 7.18. The zero-order valence-electron chi connectivity index (χ0n) is 17.9. The third-order valence-electron chi connectivity index (χ3n) is 5.56. The Morgan fingerprint density at radius 1 is 1.18 bits per heavy atom. The van der Waals surface area contributed by atoms with Gasteiger partial charge in [0.15, 0.2) is 0 Å². The second-order valence-corrected chi connectivity index (χ2v) is 9.66. The lowest BCUT2D eigenvalue weighted by Crippen LogP contribution is -2.41. The Hall–Kier alpha value is -3.05. The molecular formula is C23H22ClFN4O4S. The molecular weight excluding hydrogens is 483 g/mol. The summed E-state index contributed by atoms with van der Waals surface area (Å²) in [6.07, 6.45) is 1.53. The van der Waals surface area contributed by atoms with Crippen molar-refractivity contribution >= 4 is 40.4 Å². The van der Waals surface area contributed by atoms with Crippen LogP contribution in [0.15, 0.2) is 59.5 Å². The van der Waals surface area contributed by atoms with Crippen LogP contribution in [0.25, 0.3) is 5.69 Å². The number of benzene rings is 1. The van der Waals surface area contributed by atoms with Gasteiger partial charge in [-0.1, -0.05) is 17.7 Å². The number of nitrogens with zero attached hydrogens (tertiary/aromatic N) is 2. The smallest absolute Gasteiger partial charge is 0.261 e. The standard InChI is InChI=1S/C23H22ClFN4O4S/c24-20-7-6-19(34-20)23(33)27-18-11-28(10-14(18)13-30)12-21(31)26-17-5-4-15(9-16(17)25)29-8-2-1-3-22(29)32/h1-9,14,18,30H,10-13H2,(H,26,31)(H,27,33)/t14?,18-/m0/s1. The molecule has 3 N–H and O–H groups in total. The van der Waals surface area contributed by atoms with Crippen LogP contribution in [0, 0.1) is 11.7 Å². The van der Waals surface area contributed by atoms with Gasteiger partial charge in [0.1, 0.15) is 5.82 Å². The van der Waals surface area contributed by atoms with Gasteiger partial charge in [-0.2, -0.15) is 0 Å². The molecule has 2 atom stereocenters. The zero-order valence-corrected chi connectivity index (χ0v) is 19.5. The first kappa shape index (κ1) is 24.1. The zero-order chi connectivity index (χ0) is 24.2. The van der Waals surface area contributed by atoms with Crippen LogP contribution in [0.1, 0.15) is 9.67 Å². The number of aliphatic hydroxyl groups is 1. The Morgan fingerprint density at radius 2 is 2.00 bits per heavy atom. The maximum Gasteiger partial charge on any atom is 0.261 e. The van der Waals surface area contributed by atoms with Gasteiger partial charge in [0, 0.05) is 50.0 Å². The van der Waals surface area contributed by atoms with Gasteiger partial charge in [-0.3, -0.25) is 23.9 Å². The first-order valence-electron chi connectivity index (χ1n) is 10.5. The van der Waals surface area contributed by atoms with Crippen molar-refractivity contribution in [3.63, 3.8) is 0 Å². The minimum Gasteiger partial charge on any atom is -0.396 e. The lowest BCUT2D eigenvalue weighted by molar-refractivity contribution is -0.117. The first-order chi connectivity index (χ1) is 16.3. The predicted molar refractivity (Wildman–Crippen MR) is 128 cm³/mol. The molecule has 11 heteroatoms. The number of halogens is 2. The van der Waals surface area contributed by atoms with Crippen LogP contribution in [0.5, 0.6) is 0 Å². The van der Waals surface area contributed by atoms with Crippen LogP contribution < -0.4 is 16.2 Å². The average Bonchev–Trinajstić information content (AvgIpc) is 3.41. The normalized spacial score (nSPS) is 18.1. The molecule has 2 aromatic heterocycles. The highest BCUT2D eigenvalue weighted by atomic mass is 35.5. The van der Waals surface area contributed by atoms with E-state index in [0.29, 0.717) is 28.0 Å². The van der Waals surface area contributed by atoms with E-state index in [2.05, 4.69) is 10.6 Å². The fourth-order valence-electron chi connectivity index (χ4n) is 3.90. The van der Waals surface area contributed by atoms with Gasteiger partial charge >= 0.3 is 0 Å². The summed E-state index contributed by atoms with van der Waals surface area (Å²) in [6.45, 7) is 0.580. The number of thiophene rings is 1. The molecule has 1 unspecified atom stereocenters. The molecule has 0 spiro atoms. The van der Waals surface area contributed by atoms with Crippen molar-refractivity contribution in [3.05, 3.63) is 80.1 Å². The van der Waals surface area contributed by atoms with E-state index < -0.39 is 11.7 Å². The largest absolute Gasteiger partial charge is 0.396 e. The molecule has 1 saturated heterocycles. The van der Waals surface area contributed by atoms with E-state index in [9.17, 15) is 23.9 Å². The topological polar surface area (TPSA) is 104 Å². The molecule has 178 valence electrons. The molecule has 0 aliphatic carbocycles. The number of nitrogens with one attached hydrogen (secondary N) is 2. The SMILES string of the molecule is O=C(CN1CC(CO)[C@@H](NC(=O)c2ccc(Cl)s2)C1)Nc1ccc(-n2ccccc2=O)cc1F. The quantitative estimate of drug-likeness (QED) is 0.458. The van der Waals surface area contributed by atoms with Crippen molar-refractivity contribution in [2.75, 3.05) is 31.6 Å². The number of amides is 2. The molecule has 8 nitrogen and oxygen atoms in total. The van der Waals surface area contributed by atoms with Gasteiger partial charge in [0.25, 0.3) is 11.5 Å². The van der Waals surface area contributed by atoms with Crippen molar-refractivity contribution in [2.24, 2.45) is 5.92 Å². The monoisotopic (exact) mass is 504 g/mol. The number of rotatable bonds is 7. The van der Waals surface area contributed by atoms with Crippen LogP contribution in [0.3, 0.4) is 0 Å².